The van der Waals surface area contributed by atoms with Crippen LogP contribution in [-0.2, 0) is 11.3 Å². The van der Waals surface area contributed by atoms with Crippen molar-refractivity contribution in [1.29, 1.82) is 5.26 Å². The van der Waals surface area contributed by atoms with Crippen LogP contribution in [0.4, 0.5) is 4.39 Å². The Bertz CT molecular complexity index is 435. The van der Waals surface area contributed by atoms with Crippen LogP contribution >= 0.6 is 0 Å². The summed E-state index contributed by atoms with van der Waals surface area (Å²) in [5.41, 5.74) is 0.883. The molecule has 3 nitrogen and oxygen atoms in total. The monoisotopic (exact) mass is 218 g/mol. The van der Waals surface area contributed by atoms with Gasteiger partial charge in [0.1, 0.15) is 5.82 Å². The van der Waals surface area contributed by atoms with E-state index >= 15 is 0 Å². The number of hydrogen-bond acceptors (Lipinski definition) is 2. The summed E-state index contributed by atoms with van der Waals surface area (Å²) in [5.74, 6) is -0.491. The Labute approximate surface area is 93.1 Å². The Hall–Kier alpha value is -1.89. The molecular weight excluding hydrogens is 207 g/mol. The number of amides is 1. The van der Waals surface area contributed by atoms with Gasteiger partial charge in [-0.1, -0.05) is 12.1 Å². The molecule has 4 heteroatoms. The van der Waals surface area contributed by atoms with Crippen molar-refractivity contribution < 1.29 is 9.18 Å². The van der Waals surface area contributed by atoms with Gasteiger partial charge in [0, 0.05) is 19.5 Å². The summed E-state index contributed by atoms with van der Waals surface area (Å²) in [6.07, 6.45) is 0.303. The highest BCUT2D eigenvalue weighted by Gasteiger charge is 2.29. The lowest BCUT2D eigenvalue weighted by Gasteiger charge is -2.15. The standard InChI is InChI=1S/C12H11FN2O/c13-11-3-1-9(2-4-11)7-15-8-10(6-14)5-12(15)16/h1-4,10H,5,7-8H2. The summed E-state index contributed by atoms with van der Waals surface area (Å²) in [7, 11) is 0. The molecule has 0 radical (unpaired) electrons. The molecule has 1 amide bonds. The maximum atomic E-state index is 12.7. The minimum absolute atomic E-state index is 0.00382. The van der Waals surface area contributed by atoms with Crippen molar-refractivity contribution in [2.24, 2.45) is 5.92 Å². The highest BCUT2D eigenvalue weighted by molar-refractivity contribution is 5.79. The van der Waals surface area contributed by atoms with Crippen LogP contribution in [0.25, 0.3) is 0 Å². The van der Waals surface area contributed by atoms with Crippen molar-refractivity contribution in [3.8, 4) is 6.07 Å². The van der Waals surface area contributed by atoms with Crippen molar-refractivity contribution in [3.63, 3.8) is 0 Å². The van der Waals surface area contributed by atoms with Crippen LogP contribution in [0, 0.1) is 23.1 Å². The lowest BCUT2D eigenvalue weighted by Crippen LogP contribution is -2.24. The molecule has 1 unspecified atom stereocenters. The van der Waals surface area contributed by atoms with Gasteiger partial charge in [0.15, 0.2) is 0 Å². The third kappa shape index (κ3) is 2.19. The Morgan fingerprint density at radius 2 is 2.12 bits per heavy atom. The molecule has 1 atom stereocenters. The molecule has 1 fully saturated rings. The van der Waals surface area contributed by atoms with Gasteiger partial charge < -0.3 is 4.90 Å². The molecule has 0 N–H and O–H groups in total. The molecular formula is C12H11FN2O. The van der Waals surface area contributed by atoms with Gasteiger partial charge in [-0.05, 0) is 17.7 Å². The summed E-state index contributed by atoms with van der Waals surface area (Å²) in [5, 5.41) is 8.73. The number of nitriles is 1. The highest BCUT2D eigenvalue weighted by atomic mass is 19.1. The lowest BCUT2D eigenvalue weighted by molar-refractivity contribution is -0.128. The summed E-state index contributed by atoms with van der Waals surface area (Å²) in [6.45, 7) is 0.935. The molecule has 1 aromatic rings. The van der Waals surface area contributed by atoms with E-state index in [1.54, 1.807) is 17.0 Å². The van der Waals surface area contributed by atoms with E-state index in [2.05, 4.69) is 6.07 Å². The van der Waals surface area contributed by atoms with Crippen LogP contribution in [-0.4, -0.2) is 17.4 Å². The third-order valence-corrected chi connectivity index (χ3v) is 2.68. The number of hydrogen-bond donors (Lipinski definition) is 0. The molecule has 0 aromatic heterocycles. The number of carbonyl (C=O) groups excluding carboxylic acids is 1. The fraction of sp³-hybridized carbons (Fsp3) is 0.333. The van der Waals surface area contributed by atoms with E-state index in [4.69, 9.17) is 5.26 Å². The number of carbonyl (C=O) groups is 1. The summed E-state index contributed by atoms with van der Waals surface area (Å²) < 4.78 is 12.7. The second kappa shape index (κ2) is 4.31. The van der Waals surface area contributed by atoms with Crippen LogP contribution in [0.1, 0.15) is 12.0 Å². The average molecular weight is 218 g/mol. The molecule has 1 aromatic carbocycles. The van der Waals surface area contributed by atoms with Crippen LogP contribution in [0.15, 0.2) is 24.3 Å². The van der Waals surface area contributed by atoms with Crippen LogP contribution in [0.5, 0.6) is 0 Å². The van der Waals surface area contributed by atoms with E-state index in [1.165, 1.54) is 12.1 Å². The van der Waals surface area contributed by atoms with Gasteiger partial charge in [0.25, 0.3) is 0 Å². The van der Waals surface area contributed by atoms with Crippen molar-refractivity contribution >= 4 is 5.91 Å². The van der Waals surface area contributed by atoms with Crippen LogP contribution in [0.2, 0.25) is 0 Å². The first-order chi connectivity index (χ1) is 7.69. The molecule has 0 bridgehead atoms. The maximum absolute atomic E-state index is 12.7. The summed E-state index contributed by atoms with van der Waals surface area (Å²) in [4.78, 5) is 13.2. The van der Waals surface area contributed by atoms with Gasteiger partial charge in [-0.15, -0.1) is 0 Å². The number of rotatable bonds is 2. The van der Waals surface area contributed by atoms with Gasteiger partial charge in [-0.3, -0.25) is 4.79 Å². The predicted molar refractivity (Wildman–Crippen MR) is 55.5 cm³/mol. The van der Waals surface area contributed by atoms with Crippen molar-refractivity contribution in [1.82, 2.24) is 4.90 Å². The van der Waals surface area contributed by atoms with Gasteiger partial charge in [-0.25, -0.2) is 4.39 Å². The normalized spacial score (nSPS) is 19.9. The molecule has 0 aliphatic carbocycles. The molecule has 82 valence electrons. The zero-order valence-corrected chi connectivity index (χ0v) is 8.69. The first-order valence-corrected chi connectivity index (χ1v) is 5.11. The second-order valence-electron chi connectivity index (χ2n) is 3.93. The minimum Gasteiger partial charge on any atom is -0.337 e. The van der Waals surface area contributed by atoms with E-state index in [-0.39, 0.29) is 17.6 Å². The largest absolute Gasteiger partial charge is 0.337 e. The quantitative estimate of drug-likeness (QED) is 0.758. The smallest absolute Gasteiger partial charge is 0.224 e. The van der Waals surface area contributed by atoms with E-state index in [1.807, 2.05) is 0 Å². The van der Waals surface area contributed by atoms with Gasteiger partial charge >= 0.3 is 0 Å². The lowest BCUT2D eigenvalue weighted by atomic mass is 10.1. The number of likely N-dealkylation sites (tertiary alicyclic amines) is 1. The number of nitrogens with zero attached hydrogens (tertiary/aromatic N) is 2. The zero-order valence-electron chi connectivity index (χ0n) is 8.69. The molecule has 16 heavy (non-hydrogen) atoms. The summed E-state index contributed by atoms with van der Waals surface area (Å²) in [6, 6.07) is 8.15. The minimum atomic E-state index is -0.286. The SMILES string of the molecule is N#CC1CC(=O)N(Cc2ccc(F)cc2)C1. The van der Waals surface area contributed by atoms with Gasteiger partial charge in [0.05, 0.1) is 12.0 Å². The van der Waals surface area contributed by atoms with E-state index in [0.717, 1.165) is 5.56 Å². The molecule has 0 spiro atoms. The van der Waals surface area contributed by atoms with Gasteiger partial charge in [0.2, 0.25) is 5.91 Å². The Morgan fingerprint density at radius 1 is 1.44 bits per heavy atom. The molecule has 1 aliphatic rings. The van der Waals surface area contributed by atoms with Crippen molar-refractivity contribution in [2.45, 2.75) is 13.0 Å². The average Bonchev–Trinajstić information content (AvgIpc) is 2.63. The number of benzene rings is 1. The molecule has 0 saturated carbocycles. The molecule has 2 rings (SSSR count). The van der Waals surface area contributed by atoms with E-state index in [0.29, 0.717) is 19.5 Å². The highest BCUT2D eigenvalue weighted by Crippen LogP contribution is 2.19. The molecule has 1 heterocycles. The van der Waals surface area contributed by atoms with Crippen LogP contribution < -0.4 is 0 Å². The fourth-order valence-corrected chi connectivity index (χ4v) is 1.82. The van der Waals surface area contributed by atoms with E-state index in [9.17, 15) is 9.18 Å². The maximum Gasteiger partial charge on any atom is 0.224 e. The predicted octanol–water partition coefficient (Wildman–Crippen LogP) is 1.70. The zero-order chi connectivity index (χ0) is 11.5. The topological polar surface area (TPSA) is 44.1 Å². The van der Waals surface area contributed by atoms with Crippen molar-refractivity contribution in [2.75, 3.05) is 6.54 Å². The Morgan fingerprint density at radius 3 is 2.69 bits per heavy atom. The third-order valence-electron chi connectivity index (χ3n) is 2.68. The van der Waals surface area contributed by atoms with Crippen molar-refractivity contribution in [3.05, 3.63) is 35.6 Å². The van der Waals surface area contributed by atoms with E-state index < -0.39 is 0 Å². The Kier molecular flexibility index (Phi) is 2.86. The second-order valence-corrected chi connectivity index (χ2v) is 3.93. The molecule has 1 aliphatic heterocycles. The number of halogens is 1. The fourth-order valence-electron chi connectivity index (χ4n) is 1.82. The first kappa shape index (κ1) is 10.6. The van der Waals surface area contributed by atoms with Gasteiger partial charge in [-0.2, -0.15) is 5.26 Å². The summed E-state index contributed by atoms with van der Waals surface area (Å²) >= 11 is 0. The molecule has 1 saturated heterocycles. The Balaban J connectivity index is 2.03. The van der Waals surface area contributed by atoms with Crippen LogP contribution in [0.3, 0.4) is 0 Å². The first-order valence-electron chi connectivity index (χ1n) is 5.11.